The normalized spacial score (nSPS) is 12.4. The van der Waals surface area contributed by atoms with Crippen molar-refractivity contribution in [2.24, 2.45) is 5.84 Å². The van der Waals surface area contributed by atoms with Gasteiger partial charge < -0.3 is 4.74 Å². The fourth-order valence-corrected chi connectivity index (χ4v) is 3.53. The molecular formula is C13H15BrN2OS. The van der Waals surface area contributed by atoms with Crippen LogP contribution in [0.2, 0.25) is 0 Å². The molecule has 18 heavy (non-hydrogen) atoms. The molecular weight excluding hydrogens is 312 g/mol. The van der Waals surface area contributed by atoms with Gasteiger partial charge >= 0.3 is 0 Å². The number of benzene rings is 1. The molecule has 1 atom stereocenters. The van der Waals surface area contributed by atoms with Crippen molar-refractivity contribution in [2.75, 3.05) is 7.11 Å². The summed E-state index contributed by atoms with van der Waals surface area (Å²) < 4.78 is 6.32. The Morgan fingerprint density at radius 3 is 2.89 bits per heavy atom. The third kappa shape index (κ3) is 3.11. The van der Waals surface area contributed by atoms with Gasteiger partial charge in [0.1, 0.15) is 5.75 Å². The molecule has 1 aromatic carbocycles. The van der Waals surface area contributed by atoms with Gasteiger partial charge in [-0.2, -0.15) is 0 Å². The highest BCUT2D eigenvalue weighted by atomic mass is 79.9. The van der Waals surface area contributed by atoms with E-state index in [1.807, 2.05) is 24.3 Å². The molecule has 2 rings (SSSR count). The second kappa shape index (κ2) is 6.33. The molecule has 0 aliphatic heterocycles. The monoisotopic (exact) mass is 326 g/mol. The number of methoxy groups -OCH3 is 1. The number of rotatable bonds is 5. The molecule has 96 valence electrons. The molecule has 1 heterocycles. The standard InChI is InChI=1S/C13H15BrN2OS/c1-17-10-4-2-3-9(7-10)8-12(16-15)13-11(14)5-6-18-13/h2-7,12,16H,8,15H2,1H3. The van der Waals surface area contributed by atoms with Crippen molar-refractivity contribution in [3.8, 4) is 5.75 Å². The molecule has 1 unspecified atom stereocenters. The summed E-state index contributed by atoms with van der Waals surface area (Å²) in [6, 6.07) is 10.2. The first kappa shape index (κ1) is 13.5. The Labute approximate surface area is 119 Å². The molecule has 0 saturated carbocycles. The first-order valence-corrected chi connectivity index (χ1v) is 7.24. The largest absolute Gasteiger partial charge is 0.497 e. The van der Waals surface area contributed by atoms with Crippen LogP contribution in [0, 0.1) is 0 Å². The van der Waals surface area contributed by atoms with E-state index >= 15 is 0 Å². The summed E-state index contributed by atoms with van der Waals surface area (Å²) in [5.74, 6) is 6.52. The molecule has 0 radical (unpaired) electrons. The molecule has 0 amide bonds. The number of hydrogen-bond donors (Lipinski definition) is 2. The second-order valence-corrected chi connectivity index (χ2v) is 5.71. The van der Waals surface area contributed by atoms with E-state index in [0.29, 0.717) is 0 Å². The summed E-state index contributed by atoms with van der Waals surface area (Å²) in [6.07, 6.45) is 0.826. The second-order valence-electron chi connectivity index (χ2n) is 3.91. The lowest BCUT2D eigenvalue weighted by Crippen LogP contribution is -2.29. The van der Waals surface area contributed by atoms with Crippen LogP contribution in [0.3, 0.4) is 0 Å². The molecule has 3 N–H and O–H groups in total. The zero-order valence-electron chi connectivity index (χ0n) is 10.0. The Kier molecular flexibility index (Phi) is 4.77. The van der Waals surface area contributed by atoms with Crippen LogP contribution >= 0.6 is 27.3 Å². The number of ether oxygens (including phenoxy) is 1. The lowest BCUT2D eigenvalue weighted by molar-refractivity contribution is 0.414. The van der Waals surface area contributed by atoms with Gasteiger partial charge in [0.2, 0.25) is 0 Å². The fourth-order valence-electron chi connectivity index (χ4n) is 1.82. The van der Waals surface area contributed by atoms with E-state index in [2.05, 4.69) is 32.8 Å². The molecule has 1 aromatic heterocycles. The number of hydrazine groups is 1. The maximum Gasteiger partial charge on any atom is 0.119 e. The molecule has 0 fully saturated rings. The van der Waals surface area contributed by atoms with Gasteiger partial charge in [-0.1, -0.05) is 12.1 Å². The maximum atomic E-state index is 5.66. The van der Waals surface area contributed by atoms with Crippen LogP contribution in [0.15, 0.2) is 40.2 Å². The fraction of sp³-hybridized carbons (Fsp3) is 0.231. The highest BCUT2D eigenvalue weighted by molar-refractivity contribution is 9.10. The summed E-state index contributed by atoms with van der Waals surface area (Å²) in [4.78, 5) is 1.21. The highest BCUT2D eigenvalue weighted by Gasteiger charge is 2.15. The van der Waals surface area contributed by atoms with E-state index < -0.39 is 0 Å². The molecule has 0 aliphatic carbocycles. The Morgan fingerprint density at radius 2 is 2.28 bits per heavy atom. The predicted molar refractivity (Wildman–Crippen MR) is 78.8 cm³/mol. The van der Waals surface area contributed by atoms with Gasteiger partial charge in [-0.15, -0.1) is 11.3 Å². The first-order chi connectivity index (χ1) is 8.74. The molecule has 0 saturated heterocycles. The van der Waals surface area contributed by atoms with Gasteiger partial charge in [0, 0.05) is 9.35 Å². The Morgan fingerprint density at radius 1 is 1.44 bits per heavy atom. The summed E-state index contributed by atoms with van der Waals surface area (Å²) >= 11 is 5.23. The zero-order chi connectivity index (χ0) is 13.0. The van der Waals surface area contributed by atoms with Crippen LogP contribution in [-0.2, 0) is 6.42 Å². The van der Waals surface area contributed by atoms with Crippen LogP contribution in [-0.4, -0.2) is 7.11 Å². The Bertz CT molecular complexity index is 515. The predicted octanol–water partition coefficient (Wildman–Crippen LogP) is 3.27. The topological polar surface area (TPSA) is 47.3 Å². The quantitative estimate of drug-likeness (QED) is 0.654. The molecule has 3 nitrogen and oxygen atoms in total. The number of thiophene rings is 1. The van der Waals surface area contributed by atoms with Gasteiger partial charge in [-0.25, -0.2) is 0 Å². The van der Waals surface area contributed by atoms with E-state index in [9.17, 15) is 0 Å². The summed E-state index contributed by atoms with van der Waals surface area (Å²) in [7, 11) is 1.67. The summed E-state index contributed by atoms with van der Waals surface area (Å²) in [5, 5.41) is 2.05. The minimum atomic E-state index is 0.103. The van der Waals surface area contributed by atoms with Gasteiger partial charge in [0.25, 0.3) is 0 Å². The lowest BCUT2D eigenvalue weighted by atomic mass is 10.0. The van der Waals surface area contributed by atoms with Gasteiger partial charge in [-0.3, -0.25) is 11.3 Å². The number of hydrogen-bond acceptors (Lipinski definition) is 4. The Hall–Kier alpha value is -0.880. The van der Waals surface area contributed by atoms with Crippen LogP contribution in [0.4, 0.5) is 0 Å². The van der Waals surface area contributed by atoms with E-state index in [4.69, 9.17) is 10.6 Å². The van der Waals surface area contributed by atoms with Crippen molar-refractivity contribution in [1.29, 1.82) is 0 Å². The Balaban J connectivity index is 2.18. The van der Waals surface area contributed by atoms with E-state index in [1.165, 1.54) is 10.4 Å². The van der Waals surface area contributed by atoms with Crippen molar-refractivity contribution in [3.05, 3.63) is 50.6 Å². The molecule has 2 aromatic rings. The SMILES string of the molecule is COc1cccc(CC(NN)c2sccc2Br)c1. The van der Waals surface area contributed by atoms with Crippen molar-refractivity contribution in [1.82, 2.24) is 5.43 Å². The van der Waals surface area contributed by atoms with Crippen LogP contribution < -0.4 is 16.0 Å². The average molecular weight is 327 g/mol. The van der Waals surface area contributed by atoms with Crippen LogP contribution in [0.25, 0.3) is 0 Å². The van der Waals surface area contributed by atoms with Gasteiger partial charge in [-0.05, 0) is 51.5 Å². The third-order valence-corrected chi connectivity index (χ3v) is 4.72. The van der Waals surface area contributed by atoms with Crippen LogP contribution in [0.1, 0.15) is 16.5 Å². The summed E-state index contributed by atoms with van der Waals surface area (Å²) in [5.41, 5.74) is 4.06. The molecule has 0 aliphatic rings. The molecule has 0 spiro atoms. The lowest BCUT2D eigenvalue weighted by Gasteiger charge is -2.15. The molecule has 5 heteroatoms. The number of nitrogens with one attached hydrogen (secondary N) is 1. The van der Waals surface area contributed by atoms with Crippen molar-refractivity contribution in [3.63, 3.8) is 0 Å². The van der Waals surface area contributed by atoms with Crippen molar-refractivity contribution in [2.45, 2.75) is 12.5 Å². The third-order valence-electron chi connectivity index (χ3n) is 2.74. The zero-order valence-corrected chi connectivity index (χ0v) is 12.4. The van der Waals surface area contributed by atoms with Crippen molar-refractivity contribution >= 4 is 27.3 Å². The van der Waals surface area contributed by atoms with Crippen molar-refractivity contribution < 1.29 is 4.74 Å². The highest BCUT2D eigenvalue weighted by Crippen LogP contribution is 2.31. The summed E-state index contributed by atoms with van der Waals surface area (Å²) in [6.45, 7) is 0. The molecule has 0 bridgehead atoms. The van der Waals surface area contributed by atoms with Crippen LogP contribution in [0.5, 0.6) is 5.75 Å². The van der Waals surface area contributed by atoms with E-state index in [0.717, 1.165) is 16.6 Å². The maximum absolute atomic E-state index is 5.66. The van der Waals surface area contributed by atoms with E-state index in [-0.39, 0.29) is 6.04 Å². The average Bonchev–Trinajstić information content (AvgIpc) is 2.82. The van der Waals surface area contributed by atoms with Gasteiger partial charge in [0.05, 0.1) is 13.2 Å². The number of halogens is 1. The minimum Gasteiger partial charge on any atom is -0.497 e. The first-order valence-electron chi connectivity index (χ1n) is 5.56. The number of nitrogens with two attached hydrogens (primary N) is 1. The smallest absolute Gasteiger partial charge is 0.119 e. The van der Waals surface area contributed by atoms with E-state index in [1.54, 1.807) is 18.4 Å². The minimum absolute atomic E-state index is 0.103. The van der Waals surface area contributed by atoms with Gasteiger partial charge in [0.15, 0.2) is 0 Å².